The molecule has 0 aliphatic carbocycles. The summed E-state index contributed by atoms with van der Waals surface area (Å²) in [4.78, 5) is 23.0. The summed E-state index contributed by atoms with van der Waals surface area (Å²) in [5.41, 5.74) is 2.35. The maximum absolute atomic E-state index is 11.4. The Morgan fingerprint density at radius 1 is 0.828 bits per heavy atom. The van der Waals surface area contributed by atoms with E-state index in [0.717, 1.165) is 27.8 Å². The van der Waals surface area contributed by atoms with E-state index in [2.05, 4.69) is 23.7 Å². The van der Waals surface area contributed by atoms with Crippen LogP contribution in [0.15, 0.2) is 77.7 Å². The van der Waals surface area contributed by atoms with Gasteiger partial charge in [-0.25, -0.2) is 0 Å². The highest BCUT2D eigenvalue weighted by atomic mass is 32.2. The normalized spacial score (nSPS) is 9.55. The van der Waals surface area contributed by atoms with Gasteiger partial charge in [0.15, 0.2) is 5.12 Å². The fraction of sp³-hybridized carbons (Fsp3) is 0.0417. The monoisotopic (exact) mass is 397 g/mol. The summed E-state index contributed by atoms with van der Waals surface area (Å²) in [6.45, 7) is 1.51. The molecule has 0 bridgehead atoms. The first kappa shape index (κ1) is 19.9. The molecule has 0 saturated carbocycles. The van der Waals surface area contributed by atoms with Gasteiger partial charge in [-0.3, -0.25) is 14.9 Å². The number of rotatable bonds is 2. The Hall–Kier alpha value is -3.80. The minimum absolute atomic E-state index is 0.0200. The van der Waals surface area contributed by atoms with Crippen LogP contribution in [0.2, 0.25) is 0 Å². The Morgan fingerprint density at radius 2 is 1.41 bits per heavy atom. The molecule has 0 spiro atoms. The molecule has 140 valence electrons. The molecule has 0 aromatic heterocycles. The number of carbonyl (C=O) groups is 1. The number of carbonyl (C=O) groups excluding carboxylic acids is 1. The van der Waals surface area contributed by atoms with E-state index in [1.54, 1.807) is 12.1 Å². The van der Waals surface area contributed by atoms with Crippen LogP contribution >= 0.6 is 11.8 Å². The second-order valence-corrected chi connectivity index (χ2v) is 7.22. The molecule has 0 saturated heterocycles. The average molecular weight is 397 g/mol. The van der Waals surface area contributed by atoms with Gasteiger partial charge in [-0.1, -0.05) is 53.6 Å². The Bertz CT molecular complexity index is 1180. The molecule has 0 unspecified atom stereocenters. The first-order chi connectivity index (χ1) is 14.0. The molecule has 0 N–H and O–H groups in total. The average Bonchev–Trinajstić information content (AvgIpc) is 2.72. The van der Waals surface area contributed by atoms with Crippen LogP contribution in [0.1, 0.15) is 29.2 Å². The standard InChI is InChI=1S/C24H15NO3S/c1-18(26)29-23-15-11-20(12-16-23)7-8-21-10-14-22(24(17-21)25(27)28)13-9-19-5-3-2-4-6-19/h2-6,10-12,14-17H,1H3. The Kier molecular flexibility index (Phi) is 6.47. The van der Waals surface area contributed by atoms with Gasteiger partial charge in [0.25, 0.3) is 5.69 Å². The lowest BCUT2D eigenvalue weighted by molar-refractivity contribution is -0.385. The molecule has 0 aliphatic heterocycles. The van der Waals surface area contributed by atoms with Gasteiger partial charge >= 0.3 is 0 Å². The van der Waals surface area contributed by atoms with Gasteiger partial charge in [-0.2, -0.15) is 0 Å². The van der Waals surface area contributed by atoms with Gasteiger partial charge in [0.2, 0.25) is 0 Å². The number of benzene rings is 3. The quantitative estimate of drug-likeness (QED) is 0.263. The number of hydrogen-bond donors (Lipinski definition) is 0. The Labute approximate surface area is 173 Å². The molecular formula is C24H15NO3S. The molecule has 0 atom stereocenters. The molecule has 0 amide bonds. The second kappa shape index (κ2) is 9.41. The molecular weight excluding hydrogens is 382 g/mol. The van der Waals surface area contributed by atoms with E-state index in [-0.39, 0.29) is 10.8 Å². The smallest absolute Gasteiger partial charge is 0.286 e. The van der Waals surface area contributed by atoms with Crippen LogP contribution in [0.25, 0.3) is 0 Å². The third-order valence-corrected chi connectivity index (χ3v) is 4.57. The summed E-state index contributed by atoms with van der Waals surface area (Å²) in [6, 6.07) is 21.3. The van der Waals surface area contributed by atoms with Crippen LogP contribution in [0.3, 0.4) is 0 Å². The summed E-state index contributed by atoms with van der Waals surface area (Å²) in [5, 5.41) is 11.5. The lowest BCUT2D eigenvalue weighted by Gasteiger charge is -1.98. The summed E-state index contributed by atoms with van der Waals surface area (Å²) < 4.78 is 0. The maximum atomic E-state index is 11.4. The van der Waals surface area contributed by atoms with Crippen molar-refractivity contribution in [3.05, 3.63) is 105 Å². The van der Waals surface area contributed by atoms with Crippen molar-refractivity contribution in [2.45, 2.75) is 11.8 Å². The van der Waals surface area contributed by atoms with Crippen molar-refractivity contribution < 1.29 is 9.72 Å². The van der Waals surface area contributed by atoms with Crippen LogP contribution in [0.4, 0.5) is 5.69 Å². The number of nitrogens with zero attached hydrogens (tertiary/aromatic N) is 1. The first-order valence-corrected chi connectivity index (χ1v) is 9.49. The molecule has 3 rings (SSSR count). The molecule has 3 aromatic carbocycles. The van der Waals surface area contributed by atoms with Gasteiger partial charge in [0.05, 0.1) is 4.92 Å². The van der Waals surface area contributed by atoms with Gasteiger partial charge in [0, 0.05) is 34.6 Å². The number of nitro groups is 1. The van der Waals surface area contributed by atoms with E-state index in [9.17, 15) is 14.9 Å². The van der Waals surface area contributed by atoms with Crippen molar-refractivity contribution in [3.8, 4) is 23.7 Å². The summed E-state index contributed by atoms with van der Waals surface area (Å²) in [7, 11) is 0. The minimum Gasteiger partial charge on any atom is -0.287 e. The van der Waals surface area contributed by atoms with Crippen LogP contribution < -0.4 is 0 Å². The van der Waals surface area contributed by atoms with E-state index < -0.39 is 4.92 Å². The molecule has 0 radical (unpaired) electrons. The van der Waals surface area contributed by atoms with Crippen molar-refractivity contribution in [2.24, 2.45) is 0 Å². The summed E-state index contributed by atoms with van der Waals surface area (Å²) in [5.74, 6) is 11.7. The summed E-state index contributed by atoms with van der Waals surface area (Å²) >= 11 is 1.16. The van der Waals surface area contributed by atoms with Crippen LogP contribution in [-0.4, -0.2) is 10.0 Å². The third kappa shape index (κ3) is 5.84. The highest BCUT2D eigenvalue weighted by Gasteiger charge is 2.12. The molecule has 29 heavy (non-hydrogen) atoms. The van der Waals surface area contributed by atoms with E-state index in [1.807, 2.05) is 54.6 Å². The van der Waals surface area contributed by atoms with E-state index in [1.165, 1.54) is 13.0 Å². The van der Waals surface area contributed by atoms with Crippen LogP contribution in [0.5, 0.6) is 0 Å². The predicted octanol–water partition coefficient (Wildman–Crippen LogP) is 5.03. The lowest BCUT2D eigenvalue weighted by atomic mass is 10.1. The Balaban J connectivity index is 1.84. The highest BCUT2D eigenvalue weighted by molar-refractivity contribution is 8.13. The van der Waals surface area contributed by atoms with Crippen molar-refractivity contribution >= 4 is 22.6 Å². The zero-order valence-electron chi connectivity index (χ0n) is 15.5. The lowest BCUT2D eigenvalue weighted by Crippen LogP contribution is -1.93. The topological polar surface area (TPSA) is 60.2 Å². The molecule has 5 heteroatoms. The van der Waals surface area contributed by atoms with E-state index in [4.69, 9.17) is 0 Å². The van der Waals surface area contributed by atoms with Gasteiger partial charge in [-0.05, 0) is 48.5 Å². The van der Waals surface area contributed by atoms with Crippen molar-refractivity contribution in [1.29, 1.82) is 0 Å². The fourth-order valence-corrected chi connectivity index (χ4v) is 3.05. The molecule has 4 nitrogen and oxygen atoms in total. The van der Waals surface area contributed by atoms with Crippen LogP contribution in [-0.2, 0) is 4.79 Å². The number of thioether (sulfide) groups is 1. The number of nitro benzene ring substituents is 1. The predicted molar refractivity (Wildman–Crippen MR) is 114 cm³/mol. The van der Waals surface area contributed by atoms with Gasteiger partial charge in [-0.15, -0.1) is 0 Å². The minimum atomic E-state index is -0.450. The van der Waals surface area contributed by atoms with Crippen molar-refractivity contribution in [1.82, 2.24) is 0 Å². The van der Waals surface area contributed by atoms with E-state index in [0.29, 0.717) is 11.1 Å². The van der Waals surface area contributed by atoms with Gasteiger partial charge in [0.1, 0.15) is 5.56 Å². The largest absolute Gasteiger partial charge is 0.287 e. The van der Waals surface area contributed by atoms with Gasteiger partial charge < -0.3 is 0 Å². The third-order valence-electron chi connectivity index (χ3n) is 3.78. The zero-order chi connectivity index (χ0) is 20.6. The maximum Gasteiger partial charge on any atom is 0.286 e. The van der Waals surface area contributed by atoms with Crippen LogP contribution in [0, 0.1) is 33.8 Å². The zero-order valence-corrected chi connectivity index (χ0v) is 16.3. The first-order valence-electron chi connectivity index (χ1n) is 8.67. The van der Waals surface area contributed by atoms with E-state index >= 15 is 0 Å². The van der Waals surface area contributed by atoms with Crippen molar-refractivity contribution in [2.75, 3.05) is 0 Å². The van der Waals surface area contributed by atoms with Crippen molar-refractivity contribution in [3.63, 3.8) is 0 Å². The number of hydrogen-bond acceptors (Lipinski definition) is 4. The second-order valence-electron chi connectivity index (χ2n) is 5.97. The fourth-order valence-electron chi connectivity index (χ4n) is 2.44. The highest BCUT2D eigenvalue weighted by Crippen LogP contribution is 2.20. The SMILES string of the molecule is CC(=O)Sc1ccc(C#Cc2ccc(C#Cc3ccccc3)c([N+](=O)[O-])c2)cc1. The molecule has 0 heterocycles. The molecule has 0 aliphatic rings. The summed E-state index contributed by atoms with van der Waals surface area (Å²) in [6.07, 6.45) is 0. The molecule has 0 fully saturated rings. The Morgan fingerprint density at radius 3 is 2.07 bits per heavy atom. The molecule has 3 aromatic rings.